The molecule has 0 spiro atoms. The average Bonchev–Trinajstić information content (AvgIpc) is 2.56. The zero-order valence-corrected chi connectivity index (χ0v) is 12.6. The van der Waals surface area contributed by atoms with Gasteiger partial charge in [-0.25, -0.2) is 8.42 Å². The van der Waals surface area contributed by atoms with Crippen LogP contribution in [0.5, 0.6) is 0 Å². The molecule has 1 aliphatic heterocycles. The summed E-state index contributed by atoms with van der Waals surface area (Å²) >= 11 is 5.79. The molecule has 6 nitrogen and oxygen atoms in total. The maximum Gasteiger partial charge on any atom is 0.243 e. The smallest absolute Gasteiger partial charge is 0.243 e. The van der Waals surface area contributed by atoms with Crippen molar-refractivity contribution < 1.29 is 13.2 Å². The number of anilines is 1. The van der Waals surface area contributed by atoms with E-state index >= 15 is 0 Å². The summed E-state index contributed by atoms with van der Waals surface area (Å²) < 4.78 is 26.2. The van der Waals surface area contributed by atoms with E-state index in [4.69, 9.17) is 17.3 Å². The molecule has 1 aromatic carbocycles. The Kier molecular flexibility index (Phi) is 4.22. The van der Waals surface area contributed by atoms with E-state index in [1.807, 2.05) is 0 Å². The van der Waals surface area contributed by atoms with Gasteiger partial charge in [0, 0.05) is 20.1 Å². The second-order valence-corrected chi connectivity index (χ2v) is 7.04. The van der Waals surface area contributed by atoms with Crippen LogP contribution in [0.2, 0.25) is 5.02 Å². The molecule has 0 aromatic heterocycles. The molecule has 0 saturated carbocycles. The van der Waals surface area contributed by atoms with E-state index in [1.165, 1.54) is 27.4 Å². The van der Waals surface area contributed by atoms with Gasteiger partial charge in [0.2, 0.25) is 15.9 Å². The summed E-state index contributed by atoms with van der Waals surface area (Å²) in [5.74, 6) is -0.215. The first-order valence-electron chi connectivity index (χ1n) is 6.11. The highest BCUT2D eigenvalue weighted by Gasteiger charge is 2.29. The van der Waals surface area contributed by atoms with Gasteiger partial charge in [0.15, 0.2) is 0 Å². The maximum atomic E-state index is 12.5. The molecule has 0 aliphatic carbocycles. The van der Waals surface area contributed by atoms with E-state index < -0.39 is 10.0 Å². The molecule has 20 heavy (non-hydrogen) atoms. The van der Waals surface area contributed by atoms with Crippen LogP contribution in [0, 0.1) is 0 Å². The highest BCUT2D eigenvalue weighted by molar-refractivity contribution is 7.89. The lowest BCUT2D eigenvalue weighted by molar-refractivity contribution is -0.129. The summed E-state index contributed by atoms with van der Waals surface area (Å²) in [5.41, 5.74) is 5.84. The van der Waals surface area contributed by atoms with Gasteiger partial charge in [-0.15, -0.1) is 0 Å². The molecular formula is C12H16ClN3O3S. The standard InChI is InChI=1S/C12H16ClN3O3S/c1-15-5-2-6-16(8-12(15)17)20(18,19)9-3-4-10(13)11(14)7-9/h3-4,7H,2,5-6,8,14H2,1H3. The van der Waals surface area contributed by atoms with E-state index in [2.05, 4.69) is 0 Å². The fraction of sp³-hybridized carbons (Fsp3) is 0.417. The summed E-state index contributed by atoms with van der Waals surface area (Å²) in [6.07, 6.45) is 0.602. The van der Waals surface area contributed by atoms with E-state index in [1.54, 1.807) is 7.05 Å². The number of sulfonamides is 1. The third kappa shape index (κ3) is 2.89. The number of nitrogens with zero attached hydrogens (tertiary/aromatic N) is 2. The number of halogens is 1. The van der Waals surface area contributed by atoms with E-state index in [0.717, 1.165) is 0 Å². The average molecular weight is 318 g/mol. The number of carbonyl (C=O) groups is 1. The van der Waals surface area contributed by atoms with Crippen molar-refractivity contribution in [2.24, 2.45) is 0 Å². The molecule has 1 aliphatic rings. The Morgan fingerprint density at radius 2 is 2.00 bits per heavy atom. The summed E-state index contributed by atoms with van der Waals surface area (Å²) in [5, 5.41) is 0.302. The summed E-state index contributed by atoms with van der Waals surface area (Å²) in [6, 6.07) is 4.15. The number of likely N-dealkylation sites (N-methyl/N-ethyl adjacent to an activating group) is 1. The van der Waals surface area contributed by atoms with Crippen LogP contribution in [0.1, 0.15) is 6.42 Å². The monoisotopic (exact) mass is 317 g/mol. The fourth-order valence-corrected chi connectivity index (χ4v) is 3.58. The van der Waals surface area contributed by atoms with Crippen molar-refractivity contribution in [3.05, 3.63) is 23.2 Å². The SMILES string of the molecule is CN1CCCN(S(=O)(=O)c2ccc(Cl)c(N)c2)CC1=O. The molecule has 1 amide bonds. The topological polar surface area (TPSA) is 83.7 Å². The van der Waals surface area contributed by atoms with Crippen molar-refractivity contribution in [1.29, 1.82) is 0 Å². The minimum Gasteiger partial charge on any atom is -0.397 e. The third-order valence-corrected chi connectivity index (χ3v) is 5.43. The van der Waals surface area contributed by atoms with Gasteiger partial charge in [-0.3, -0.25) is 4.79 Å². The first-order chi connectivity index (χ1) is 9.32. The van der Waals surface area contributed by atoms with Crippen molar-refractivity contribution in [1.82, 2.24) is 9.21 Å². The quantitative estimate of drug-likeness (QED) is 0.817. The molecule has 1 saturated heterocycles. The second kappa shape index (κ2) is 5.59. The normalized spacial score (nSPS) is 18.1. The van der Waals surface area contributed by atoms with Crippen LogP contribution in [0.3, 0.4) is 0 Å². The lowest BCUT2D eigenvalue weighted by Gasteiger charge is -2.19. The van der Waals surface area contributed by atoms with Crippen LogP contribution in [0.4, 0.5) is 5.69 Å². The lowest BCUT2D eigenvalue weighted by atomic mass is 10.3. The maximum absolute atomic E-state index is 12.5. The second-order valence-electron chi connectivity index (χ2n) is 4.69. The van der Waals surface area contributed by atoms with E-state index in [9.17, 15) is 13.2 Å². The Balaban J connectivity index is 2.34. The van der Waals surface area contributed by atoms with Gasteiger partial charge >= 0.3 is 0 Å². The first kappa shape index (κ1) is 15.1. The van der Waals surface area contributed by atoms with Gasteiger partial charge < -0.3 is 10.6 Å². The molecule has 2 rings (SSSR count). The summed E-state index contributed by atoms with van der Waals surface area (Å²) in [4.78, 5) is 13.4. The van der Waals surface area contributed by atoms with Crippen LogP contribution in [-0.2, 0) is 14.8 Å². The molecule has 110 valence electrons. The number of hydrogen-bond donors (Lipinski definition) is 1. The number of amides is 1. The largest absolute Gasteiger partial charge is 0.397 e. The van der Waals surface area contributed by atoms with Crippen molar-refractivity contribution in [3.63, 3.8) is 0 Å². The van der Waals surface area contributed by atoms with Crippen LogP contribution in [0.25, 0.3) is 0 Å². The minimum absolute atomic E-state index is 0.0525. The number of nitrogen functional groups attached to an aromatic ring is 1. The van der Waals surface area contributed by atoms with Gasteiger partial charge in [-0.1, -0.05) is 11.6 Å². The third-order valence-electron chi connectivity index (χ3n) is 3.24. The molecule has 0 radical (unpaired) electrons. The molecular weight excluding hydrogens is 302 g/mol. The summed E-state index contributed by atoms with van der Waals surface area (Å²) in [6.45, 7) is 0.704. The van der Waals surface area contributed by atoms with Gasteiger partial charge in [0.25, 0.3) is 0 Å². The van der Waals surface area contributed by atoms with E-state index in [0.29, 0.717) is 24.5 Å². The van der Waals surface area contributed by atoms with Crippen LogP contribution < -0.4 is 5.73 Å². The number of carbonyl (C=O) groups excluding carboxylic acids is 1. The number of rotatable bonds is 2. The molecule has 1 heterocycles. The highest BCUT2D eigenvalue weighted by Crippen LogP contribution is 2.25. The van der Waals surface area contributed by atoms with Crippen molar-refractivity contribution in [2.45, 2.75) is 11.3 Å². The Labute approximate surface area is 123 Å². The molecule has 2 N–H and O–H groups in total. The van der Waals surface area contributed by atoms with Crippen molar-refractivity contribution >= 4 is 33.2 Å². The van der Waals surface area contributed by atoms with Crippen LogP contribution in [-0.4, -0.2) is 50.2 Å². The molecule has 8 heteroatoms. The molecule has 0 bridgehead atoms. The zero-order chi connectivity index (χ0) is 14.9. The Morgan fingerprint density at radius 3 is 2.65 bits per heavy atom. The van der Waals surface area contributed by atoms with Gasteiger partial charge in [0.1, 0.15) is 0 Å². The molecule has 0 unspecified atom stereocenters. The molecule has 1 aromatic rings. The number of benzene rings is 1. The van der Waals surface area contributed by atoms with Gasteiger partial charge in [-0.2, -0.15) is 4.31 Å². The highest BCUT2D eigenvalue weighted by atomic mass is 35.5. The lowest BCUT2D eigenvalue weighted by Crippen LogP contribution is -2.38. The van der Waals surface area contributed by atoms with Crippen LogP contribution >= 0.6 is 11.6 Å². The Morgan fingerprint density at radius 1 is 1.30 bits per heavy atom. The number of hydrogen-bond acceptors (Lipinski definition) is 4. The van der Waals surface area contributed by atoms with Crippen LogP contribution in [0.15, 0.2) is 23.1 Å². The van der Waals surface area contributed by atoms with E-state index in [-0.39, 0.29) is 23.0 Å². The Bertz CT molecular complexity index is 633. The van der Waals surface area contributed by atoms with Gasteiger partial charge in [0.05, 0.1) is 22.2 Å². The predicted octanol–water partition coefficient (Wildman–Crippen LogP) is 0.775. The summed E-state index contributed by atoms with van der Waals surface area (Å²) in [7, 11) is -2.07. The number of nitrogens with two attached hydrogens (primary N) is 1. The minimum atomic E-state index is -3.73. The molecule has 0 atom stereocenters. The fourth-order valence-electron chi connectivity index (χ4n) is 2.00. The zero-order valence-electron chi connectivity index (χ0n) is 11.0. The van der Waals surface area contributed by atoms with Gasteiger partial charge in [-0.05, 0) is 24.6 Å². The first-order valence-corrected chi connectivity index (χ1v) is 7.93. The van der Waals surface area contributed by atoms with Crippen molar-refractivity contribution in [3.8, 4) is 0 Å². The Hall–Kier alpha value is -1.31. The van der Waals surface area contributed by atoms with Crippen molar-refractivity contribution in [2.75, 3.05) is 32.4 Å². The molecule has 1 fully saturated rings. The predicted molar refractivity (Wildman–Crippen MR) is 76.9 cm³/mol.